The molecule has 0 bridgehead atoms. The van der Waals surface area contributed by atoms with Crippen molar-refractivity contribution in [3.8, 4) is 0 Å². The van der Waals surface area contributed by atoms with Gasteiger partial charge >= 0.3 is 6.09 Å². The molecule has 1 aliphatic rings. The van der Waals surface area contributed by atoms with Crippen LogP contribution in [0, 0.1) is 25.7 Å². The zero-order valence-electron chi connectivity index (χ0n) is 17.5. The van der Waals surface area contributed by atoms with E-state index in [4.69, 9.17) is 4.74 Å². The molecule has 0 spiro atoms. The van der Waals surface area contributed by atoms with Crippen LogP contribution in [-0.4, -0.2) is 28.5 Å². The third kappa shape index (κ3) is 5.95. The Hall–Kier alpha value is -3.09. The Bertz CT molecular complexity index is 918. The van der Waals surface area contributed by atoms with Gasteiger partial charge in [-0.25, -0.2) is 9.79 Å². The molecule has 0 aliphatic heterocycles. The number of carbonyl (C=O) groups is 2. The van der Waals surface area contributed by atoms with Gasteiger partial charge in [-0.3, -0.25) is 4.79 Å². The first-order valence-electron chi connectivity index (χ1n) is 10.3. The quantitative estimate of drug-likeness (QED) is 0.737. The number of aryl methyl sites for hydroxylation is 2. The van der Waals surface area contributed by atoms with Crippen molar-refractivity contribution in [1.82, 2.24) is 10.0 Å². The van der Waals surface area contributed by atoms with Crippen LogP contribution >= 0.6 is 0 Å². The van der Waals surface area contributed by atoms with Crippen LogP contribution in [0.15, 0.2) is 47.5 Å². The minimum absolute atomic E-state index is 0.0895. The molecule has 7 heteroatoms. The first-order valence-corrected chi connectivity index (χ1v) is 10.3. The number of nitrogens with one attached hydrogen (secondary N) is 1. The second-order valence-corrected chi connectivity index (χ2v) is 7.92. The number of alkyl carbamates (subject to hydrolysis) is 1. The number of hydrogen-bond donors (Lipinski definition) is 2. The topological polar surface area (TPSA) is 92.9 Å². The van der Waals surface area contributed by atoms with Crippen LogP contribution in [0.2, 0.25) is 0 Å². The molecule has 30 heavy (non-hydrogen) atoms. The zero-order chi connectivity index (χ0) is 21.5. The maximum absolute atomic E-state index is 12.5. The molecule has 1 aromatic carbocycles. The van der Waals surface area contributed by atoms with Crippen molar-refractivity contribution in [1.29, 1.82) is 0 Å². The Balaban J connectivity index is 1.42. The van der Waals surface area contributed by atoms with E-state index in [0.29, 0.717) is 29.2 Å². The lowest BCUT2D eigenvalue weighted by Crippen LogP contribution is -2.32. The average molecular weight is 412 g/mol. The van der Waals surface area contributed by atoms with Crippen molar-refractivity contribution in [3.63, 3.8) is 0 Å². The van der Waals surface area contributed by atoms with Gasteiger partial charge in [0.25, 0.3) is 0 Å². The number of ether oxygens (including phenoxy) is 1. The normalized spacial score (nSPS) is 18.5. The smallest absolute Gasteiger partial charge is 0.407 e. The summed E-state index contributed by atoms with van der Waals surface area (Å²) >= 11 is 0. The van der Waals surface area contributed by atoms with Gasteiger partial charge in [-0.15, -0.1) is 0 Å². The van der Waals surface area contributed by atoms with Gasteiger partial charge in [-0.2, -0.15) is 4.73 Å². The molecule has 1 aromatic heterocycles. The minimum atomic E-state index is -0.414. The molecule has 0 unspecified atom stereocenters. The second-order valence-electron chi connectivity index (χ2n) is 7.92. The first-order chi connectivity index (χ1) is 14.4. The summed E-state index contributed by atoms with van der Waals surface area (Å²) < 4.78 is 6.31. The van der Waals surface area contributed by atoms with Gasteiger partial charge in [-0.05, 0) is 63.1 Å². The Kier molecular flexibility index (Phi) is 7.27. The van der Waals surface area contributed by atoms with E-state index in [1.54, 1.807) is 26.0 Å². The number of benzene rings is 1. The summed E-state index contributed by atoms with van der Waals surface area (Å²) in [7, 11) is 0. The molecule has 2 amide bonds. The van der Waals surface area contributed by atoms with E-state index >= 15 is 0 Å². The molecule has 7 nitrogen and oxygen atoms in total. The predicted octanol–water partition coefficient (Wildman–Crippen LogP) is 3.50. The van der Waals surface area contributed by atoms with Crippen molar-refractivity contribution in [2.45, 2.75) is 46.1 Å². The lowest BCUT2D eigenvalue weighted by Gasteiger charge is -2.26. The fourth-order valence-corrected chi connectivity index (χ4v) is 3.77. The number of amides is 2. The lowest BCUT2D eigenvalue weighted by atomic mass is 9.81. The second kappa shape index (κ2) is 10.1. The summed E-state index contributed by atoms with van der Waals surface area (Å²) in [6.07, 6.45) is 2.85. The van der Waals surface area contributed by atoms with Gasteiger partial charge in [0.05, 0.1) is 16.7 Å². The predicted molar refractivity (Wildman–Crippen MR) is 112 cm³/mol. The molecule has 160 valence electrons. The molecule has 1 aliphatic carbocycles. The summed E-state index contributed by atoms with van der Waals surface area (Å²) in [5.41, 5.74) is 2.22. The van der Waals surface area contributed by atoms with Crippen LogP contribution in [0.5, 0.6) is 0 Å². The largest absolute Gasteiger partial charge is 0.445 e. The highest BCUT2D eigenvalue weighted by atomic mass is 16.5. The molecule has 2 aromatic rings. The third-order valence-corrected chi connectivity index (χ3v) is 5.56. The molecule has 2 N–H and O–H groups in total. The van der Waals surface area contributed by atoms with Gasteiger partial charge in [0.15, 0.2) is 0 Å². The van der Waals surface area contributed by atoms with Gasteiger partial charge in [0.1, 0.15) is 6.61 Å². The van der Waals surface area contributed by atoms with Crippen LogP contribution in [0.4, 0.5) is 4.79 Å². The standard InChI is InChI=1S/C23H29N3O4/c1-16-12-21(13-17(2)26(16)29)25-22(27)20-10-8-18(9-11-20)14-24-23(28)30-15-19-6-4-3-5-7-19/h3-7,12-13,18,20,29H,8-11,14-15H2,1-2H3,(H,24,28). The molecule has 0 saturated heterocycles. The monoisotopic (exact) mass is 411 g/mol. The number of pyridine rings is 1. The molecule has 1 heterocycles. The number of nitrogens with zero attached hydrogens (tertiary/aromatic N) is 2. The van der Waals surface area contributed by atoms with Crippen LogP contribution in [0.3, 0.4) is 0 Å². The fourth-order valence-electron chi connectivity index (χ4n) is 3.77. The molecule has 3 rings (SSSR count). The summed E-state index contributed by atoms with van der Waals surface area (Å²) in [6, 6.07) is 13.0. The van der Waals surface area contributed by atoms with Gasteiger partial charge in [-0.1, -0.05) is 30.3 Å². The Morgan fingerprint density at radius 3 is 2.37 bits per heavy atom. The van der Waals surface area contributed by atoms with Gasteiger partial charge < -0.3 is 15.3 Å². The fraction of sp³-hybridized carbons (Fsp3) is 0.435. The van der Waals surface area contributed by atoms with Crippen LogP contribution in [-0.2, 0) is 16.1 Å². The van der Waals surface area contributed by atoms with Crippen LogP contribution < -0.4 is 10.7 Å². The van der Waals surface area contributed by atoms with E-state index in [9.17, 15) is 14.8 Å². The highest BCUT2D eigenvalue weighted by Crippen LogP contribution is 2.29. The third-order valence-electron chi connectivity index (χ3n) is 5.56. The first kappa shape index (κ1) is 21.6. The molecule has 0 atom stereocenters. The Labute approximate surface area is 176 Å². The number of rotatable bonds is 5. The molecular weight excluding hydrogens is 382 g/mol. The van der Waals surface area contributed by atoms with E-state index in [-0.39, 0.29) is 18.4 Å². The molecule has 0 radical (unpaired) electrons. The van der Waals surface area contributed by atoms with Crippen molar-refractivity contribution >= 4 is 12.0 Å². The summed E-state index contributed by atoms with van der Waals surface area (Å²) in [5.74, 6) is 0.138. The Morgan fingerprint density at radius 2 is 1.73 bits per heavy atom. The highest BCUT2D eigenvalue weighted by Gasteiger charge is 2.26. The van der Waals surface area contributed by atoms with E-state index in [1.807, 2.05) is 30.3 Å². The summed E-state index contributed by atoms with van der Waals surface area (Å²) in [6.45, 7) is 4.34. The van der Waals surface area contributed by atoms with Crippen LogP contribution in [0.1, 0.15) is 42.6 Å². The minimum Gasteiger partial charge on any atom is -0.445 e. The summed E-state index contributed by atoms with van der Waals surface area (Å²) in [4.78, 5) is 28.7. The molecule has 1 saturated carbocycles. The van der Waals surface area contributed by atoms with E-state index in [2.05, 4.69) is 10.3 Å². The number of hydrogen-bond acceptors (Lipinski definition) is 4. The SMILES string of the molecule is Cc1cc(=NC(=O)C2CCC(CNC(=O)OCc3ccccc3)CC2)cc(C)n1O. The van der Waals surface area contributed by atoms with Crippen molar-refractivity contribution in [3.05, 3.63) is 64.8 Å². The van der Waals surface area contributed by atoms with Crippen molar-refractivity contribution in [2.75, 3.05) is 6.54 Å². The summed E-state index contributed by atoms with van der Waals surface area (Å²) in [5, 5.41) is 13.2. The van der Waals surface area contributed by atoms with Crippen molar-refractivity contribution in [2.24, 2.45) is 16.8 Å². The lowest BCUT2D eigenvalue weighted by molar-refractivity contribution is -0.123. The zero-order valence-corrected chi connectivity index (χ0v) is 17.5. The average Bonchev–Trinajstić information content (AvgIpc) is 2.75. The Morgan fingerprint density at radius 1 is 1.10 bits per heavy atom. The number of aromatic nitrogens is 1. The molecular formula is C23H29N3O4. The van der Waals surface area contributed by atoms with Crippen LogP contribution in [0.25, 0.3) is 0 Å². The van der Waals surface area contributed by atoms with E-state index in [0.717, 1.165) is 36.0 Å². The highest BCUT2D eigenvalue weighted by molar-refractivity contribution is 5.79. The van der Waals surface area contributed by atoms with Gasteiger partial charge in [0.2, 0.25) is 5.91 Å². The van der Waals surface area contributed by atoms with E-state index in [1.165, 1.54) is 0 Å². The maximum atomic E-state index is 12.5. The maximum Gasteiger partial charge on any atom is 0.407 e. The van der Waals surface area contributed by atoms with Crippen molar-refractivity contribution < 1.29 is 19.5 Å². The van der Waals surface area contributed by atoms with E-state index < -0.39 is 6.09 Å². The number of carbonyl (C=O) groups excluding carboxylic acids is 2. The molecule has 1 fully saturated rings. The van der Waals surface area contributed by atoms with Gasteiger partial charge in [0, 0.05) is 12.5 Å².